The molecule has 1 atom stereocenters. The summed E-state index contributed by atoms with van der Waals surface area (Å²) >= 11 is 0. The topological polar surface area (TPSA) is 108 Å². The van der Waals surface area contributed by atoms with E-state index in [0.29, 0.717) is 25.4 Å². The van der Waals surface area contributed by atoms with Gasteiger partial charge in [-0.3, -0.25) is 24.1 Å². The number of nitrogens with one attached hydrogen (secondary N) is 2. The summed E-state index contributed by atoms with van der Waals surface area (Å²) in [5, 5.41) is 5.51. The Kier molecular flexibility index (Phi) is 8.79. The number of benzene rings is 1. The third-order valence-electron chi connectivity index (χ3n) is 4.92. The molecule has 1 aromatic carbocycles. The molecule has 1 aromatic rings. The average molecular weight is 418 g/mol. The number of nitrogens with zero attached hydrogens (tertiary/aromatic N) is 2. The molecule has 0 aliphatic carbocycles. The van der Waals surface area contributed by atoms with Crippen LogP contribution in [0.3, 0.4) is 0 Å². The molecule has 9 heteroatoms. The Balaban J connectivity index is 1.93. The molecule has 1 unspecified atom stereocenters. The van der Waals surface area contributed by atoms with Gasteiger partial charge in [-0.1, -0.05) is 13.3 Å². The maximum Gasteiger partial charge on any atom is 0.307 e. The average Bonchev–Trinajstić information content (AvgIpc) is 2.70. The van der Waals surface area contributed by atoms with Crippen LogP contribution in [0.25, 0.3) is 0 Å². The Bertz CT molecular complexity index is 765. The molecular formula is C21H30N4O5. The SMILES string of the molecule is CCCCOC(=O)CC1C(=O)NCCN1CC(=O)Nc1ccc(N(C)C(C)=O)cc1. The molecule has 0 bridgehead atoms. The lowest BCUT2D eigenvalue weighted by atomic mass is 10.1. The number of hydrogen-bond acceptors (Lipinski definition) is 6. The van der Waals surface area contributed by atoms with Crippen LogP contribution >= 0.6 is 0 Å². The highest BCUT2D eigenvalue weighted by molar-refractivity contribution is 5.95. The molecule has 1 aliphatic heterocycles. The molecule has 1 saturated heterocycles. The number of unbranched alkanes of at least 4 members (excludes halogenated alkanes) is 1. The lowest BCUT2D eigenvalue weighted by Gasteiger charge is -2.33. The van der Waals surface area contributed by atoms with Crippen molar-refractivity contribution in [2.24, 2.45) is 0 Å². The monoisotopic (exact) mass is 418 g/mol. The van der Waals surface area contributed by atoms with E-state index in [2.05, 4.69) is 10.6 Å². The van der Waals surface area contributed by atoms with Crippen LogP contribution in [0.5, 0.6) is 0 Å². The van der Waals surface area contributed by atoms with Crippen molar-refractivity contribution in [2.75, 3.05) is 43.5 Å². The molecule has 0 radical (unpaired) electrons. The molecule has 2 N–H and O–H groups in total. The molecule has 1 heterocycles. The molecule has 0 aromatic heterocycles. The minimum absolute atomic E-state index is 0.0184. The van der Waals surface area contributed by atoms with Gasteiger partial charge >= 0.3 is 5.97 Å². The van der Waals surface area contributed by atoms with E-state index in [1.165, 1.54) is 11.8 Å². The minimum Gasteiger partial charge on any atom is -0.466 e. The summed E-state index contributed by atoms with van der Waals surface area (Å²) in [5.74, 6) is -1.10. The molecule has 1 aliphatic rings. The molecular weight excluding hydrogens is 388 g/mol. The number of rotatable bonds is 9. The molecule has 0 spiro atoms. The summed E-state index contributed by atoms with van der Waals surface area (Å²) in [4.78, 5) is 51.4. The summed E-state index contributed by atoms with van der Waals surface area (Å²) in [6.45, 7) is 4.67. The molecule has 30 heavy (non-hydrogen) atoms. The van der Waals surface area contributed by atoms with Gasteiger partial charge in [0.15, 0.2) is 0 Å². The summed E-state index contributed by atoms with van der Waals surface area (Å²) in [7, 11) is 1.67. The fourth-order valence-corrected chi connectivity index (χ4v) is 3.06. The van der Waals surface area contributed by atoms with E-state index in [0.717, 1.165) is 18.5 Å². The van der Waals surface area contributed by atoms with Crippen molar-refractivity contribution in [1.29, 1.82) is 0 Å². The number of carbonyl (C=O) groups is 4. The van der Waals surface area contributed by atoms with Gasteiger partial charge in [-0.05, 0) is 30.7 Å². The van der Waals surface area contributed by atoms with Crippen molar-refractivity contribution in [1.82, 2.24) is 10.2 Å². The quantitative estimate of drug-likeness (QED) is 0.460. The minimum atomic E-state index is -0.731. The Morgan fingerprint density at radius 3 is 2.60 bits per heavy atom. The Labute approximate surface area is 176 Å². The van der Waals surface area contributed by atoms with Crippen molar-refractivity contribution in [3.05, 3.63) is 24.3 Å². The molecule has 164 valence electrons. The van der Waals surface area contributed by atoms with Crippen LogP contribution in [-0.2, 0) is 23.9 Å². The number of esters is 1. The van der Waals surface area contributed by atoms with Crippen molar-refractivity contribution in [2.45, 2.75) is 39.2 Å². The van der Waals surface area contributed by atoms with Crippen LogP contribution in [0.4, 0.5) is 11.4 Å². The standard InChI is InChI=1S/C21H30N4O5/c1-4-5-12-30-20(28)13-18-21(29)22-10-11-25(18)14-19(27)23-16-6-8-17(9-7-16)24(3)15(2)26/h6-9,18H,4-5,10-14H2,1-3H3,(H,22,29)(H,23,27). The first-order chi connectivity index (χ1) is 14.3. The predicted octanol–water partition coefficient (Wildman–Crippen LogP) is 1.14. The van der Waals surface area contributed by atoms with Crippen LogP contribution < -0.4 is 15.5 Å². The van der Waals surface area contributed by atoms with E-state index in [1.807, 2.05) is 6.92 Å². The van der Waals surface area contributed by atoms with E-state index < -0.39 is 12.0 Å². The number of carbonyl (C=O) groups excluding carboxylic acids is 4. The van der Waals surface area contributed by atoms with E-state index in [9.17, 15) is 19.2 Å². The predicted molar refractivity (Wildman–Crippen MR) is 113 cm³/mol. The zero-order valence-electron chi connectivity index (χ0n) is 17.8. The van der Waals surface area contributed by atoms with Gasteiger partial charge in [-0.2, -0.15) is 0 Å². The van der Waals surface area contributed by atoms with Crippen molar-refractivity contribution in [3.63, 3.8) is 0 Å². The van der Waals surface area contributed by atoms with E-state index >= 15 is 0 Å². The number of ether oxygens (including phenoxy) is 1. The highest BCUT2D eigenvalue weighted by Crippen LogP contribution is 2.17. The summed E-state index contributed by atoms with van der Waals surface area (Å²) < 4.78 is 5.16. The summed E-state index contributed by atoms with van der Waals surface area (Å²) in [6, 6.07) is 6.15. The first kappa shape index (κ1) is 23.3. The second kappa shape index (κ2) is 11.3. The van der Waals surface area contributed by atoms with Gasteiger partial charge in [-0.25, -0.2) is 0 Å². The molecule has 3 amide bonds. The van der Waals surface area contributed by atoms with E-state index in [4.69, 9.17) is 4.74 Å². The van der Waals surface area contributed by atoms with Crippen molar-refractivity contribution < 1.29 is 23.9 Å². The van der Waals surface area contributed by atoms with Gasteiger partial charge in [0.25, 0.3) is 0 Å². The van der Waals surface area contributed by atoms with Gasteiger partial charge in [0.1, 0.15) is 6.04 Å². The second-order valence-electron chi connectivity index (χ2n) is 7.23. The number of hydrogen-bond donors (Lipinski definition) is 2. The lowest BCUT2D eigenvalue weighted by Crippen LogP contribution is -2.57. The van der Waals surface area contributed by atoms with Gasteiger partial charge < -0.3 is 20.3 Å². The van der Waals surface area contributed by atoms with Crippen LogP contribution in [0.2, 0.25) is 0 Å². The first-order valence-electron chi connectivity index (χ1n) is 10.1. The third-order valence-corrected chi connectivity index (χ3v) is 4.92. The van der Waals surface area contributed by atoms with Gasteiger partial charge in [0.05, 0.1) is 19.6 Å². The van der Waals surface area contributed by atoms with Crippen LogP contribution in [0.15, 0.2) is 24.3 Å². The first-order valence-corrected chi connectivity index (χ1v) is 10.1. The van der Waals surface area contributed by atoms with Crippen LogP contribution in [0.1, 0.15) is 33.1 Å². The van der Waals surface area contributed by atoms with Crippen LogP contribution in [-0.4, -0.2) is 67.9 Å². The number of amides is 3. The zero-order valence-corrected chi connectivity index (χ0v) is 17.8. The number of anilines is 2. The molecule has 0 saturated carbocycles. The van der Waals surface area contributed by atoms with Crippen molar-refractivity contribution >= 4 is 35.1 Å². The normalized spacial score (nSPS) is 16.5. The fourth-order valence-electron chi connectivity index (χ4n) is 3.06. The van der Waals surface area contributed by atoms with E-state index in [1.54, 1.807) is 36.2 Å². The largest absolute Gasteiger partial charge is 0.466 e. The van der Waals surface area contributed by atoms with Gasteiger partial charge in [0, 0.05) is 38.4 Å². The number of piperazine rings is 1. The highest BCUT2D eigenvalue weighted by Gasteiger charge is 2.33. The molecule has 2 rings (SSSR count). The highest BCUT2D eigenvalue weighted by atomic mass is 16.5. The fraction of sp³-hybridized carbons (Fsp3) is 0.524. The van der Waals surface area contributed by atoms with Gasteiger partial charge in [0.2, 0.25) is 17.7 Å². The summed E-state index contributed by atoms with van der Waals surface area (Å²) in [5.41, 5.74) is 1.30. The molecule has 1 fully saturated rings. The van der Waals surface area contributed by atoms with Crippen LogP contribution in [0, 0.1) is 0 Å². The second-order valence-corrected chi connectivity index (χ2v) is 7.23. The zero-order chi connectivity index (χ0) is 22.1. The maximum absolute atomic E-state index is 12.5. The Morgan fingerprint density at radius 2 is 1.97 bits per heavy atom. The maximum atomic E-state index is 12.5. The molecule has 9 nitrogen and oxygen atoms in total. The van der Waals surface area contributed by atoms with Crippen molar-refractivity contribution in [3.8, 4) is 0 Å². The van der Waals surface area contributed by atoms with Gasteiger partial charge in [-0.15, -0.1) is 0 Å². The lowest BCUT2D eigenvalue weighted by molar-refractivity contribution is -0.149. The third kappa shape index (κ3) is 6.84. The summed E-state index contributed by atoms with van der Waals surface area (Å²) in [6.07, 6.45) is 1.60. The van der Waals surface area contributed by atoms with E-state index in [-0.39, 0.29) is 30.7 Å². The smallest absolute Gasteiger partial charge is 0.307 e. The Morgan fingerprint density at radius 1 is 1.27 bits per heavy atom. The Hall–Kier alpha value is -2.94.